The van der Waals surface area contributed by atoms with Gasteiger partial charge in [-0.3, -0.25) is 0 Å². The van der Waals surface area contributed by atoms with E-state index in [4.69, 9.17) is 4.74 Å². The Bertz CT molecular complexity index is 440. The molecule has 0 saturated heterocycles. The Labute approximate surface area is 111 Å². The number of aromatic nitrogens is 1. The van der Waals surface area contributed by atoms with Crippen LogP contribution >= 0.6 is 11.3 Å². The minimum absolute atomic E-state index is 0.0737. The number of benzene rings is 1. The summed E-state index contributed by atoms with van der Waals surface area (Å²) in [5.74, 6) is -0.292. The molecule has 0 saturated carbocycles. The summed E-state index contributed by atoms with van der Waals surface area (Å²) in [5, 5.41) is 0. The second-order valence-corrected chi connectivity index (χ2v) is 4.15. The molecule has 0 aliphatic rings. The lowest BCUT2D eigenvalue weighted by molar-refractivity contribution is -0.148. The van der Waals surface area contributed by atoms with Crippen LogP contribution < -0.4 is 0 Å². The lowest BCUT2D eigenvalue weighted by Gasteiger charge is -1.99. The SMILES string of the molecule is CCOCC(=O)OCC.c1ccc2scnc2c1. The third kappa shape index (κ3) is 5.25. The largest absolute Gasteiger partial charge is 0.464 e. The Balaban J connectivity index is 0.000000180. The van der Waals surface area contributed by atoms with Crippen LogP contribution in [0.3, 0.4) is 0 Å². The van der Waals surface area contributed by atoms with E-state index in [-0.39, 0.29) is 12.6 Å². The van der Waals surface area contributed by atoms with Crippen molar-refractivity contribution in [2.24, 2.45) is 0 Å². The number of esters is 1. The monoisotopic (exact) mass is 267 g/mol. The van der Waals surface area contributed by atoms with Gasteiger partial charge >= 0.3 is 5.97 Å². The first-order chi connectivity index (χ1) is 8.77. The molecule has 0 radical (unpaired) electrons. The molecule has 1 aromatic heterocycles. The van der Waals surface area contributed by atoms with Gasteiger partial charge in [-0.25, -0.2) is 9.78 Å². The van der Waals surface area contributed by atoms with Gasteiger partial charge in [0.1, 0.15) is 6.61 Å². The van der Waals surface area contributed by atoms with E-state index in [9.17, 15) is 4.79 Å². The van der Waals surface area contributed by atoms with Gasteiger partial charge in [0.2, 0.25) is 0 Å². The lowest BCUT2D eigenvalue weighted by Crippen LogP contribution is -2.11. The van der Waals surface area contributed by atoms with Crippen molar-refractivity contribution in [3.63, 3.8) is 0 Å². The van der Waals surface area contributed by atoms with Crippen molar-refractivity contribution < 1.29 is 14.3 Å². The van der Waals surface area contributed by atoms with Crippen LogP contribution in [-0.4, -0.2) is 30.8 Å². The van der Waals surface area contributed by atoms with Crippen LogP contribution in [0.1, 0.15) is 13.8 Å². The van der Waals surface area contributed by atoms with Gasteiger partial charge in [-0.1, -0.05) is 12.1 Å². The zero-order chi connectivity index (χ0) is 13.2. The van der Waals surface area contributed by atoms with Gasteiger partial charge in [0.05, 0.1) is 22.3 Å². The van der Waals surface area contributed by atoms with Crippen LogP contribution in [-0.2, 0) is 14.3 Å². The highest BCUT2D eigenvalue weighted by atomic mass is 32.1. The minimum atomic E-state index is -0.292. The van der Waals surface area contributed by atoms with Crippen molar-refractivity contribution in [2.75, 3.05) is 19.8 Å². The predicted octanol–water partition coefficient (Wildman–Crippen LogP) is 2.88. The summed E-state index contributed by atoms with van der Waals surface area (Å²) in [7, 11) is 0. The highest BCUT2D eigenvalue weighted by Gasteiger charge is 1.97. The number of hydrogen-bond donors (Lipinski definition) is 0. The van der Waals surface area contributed by atoms with Gasteiger partial charge in [-0.15, -0.1) is 11.3 Å². The average Bonchev–Trinajstić information content (AvgIpc) is 2.86. The number of fused-ring (bicyclic) bond motifs is 1. The van der Waals surface area contributed by atoms with Crippen molar-refractivity contribution in [1.29, 1.82) is 0 Å². The maximum absolute atomic E-state index is 10.5. The Hall–Kier alpha value is -1.46. The van der Waals surface area contributed by atoms with E-state index in [1.165, 1.54) is 4.70 Å². The van der Waals surface area contributed by atoms with Gasteiger partial charge in [0.25, 0.3) is 0 Å². The van der Waals surface area contributed by atoms with Gasteiger partial charge in [-0.05, 0) is 26.0 Å². The quantitative estimate of drug-likeness (QED) is 0.799. The summed E-state index contributed by atoms with van der Waals surface area (Å²) in [6.45, 7) is 4.65. The fourth-order valence-electron chi connectivity index (χ4n) is 1.19. The van der Waals surface area contributed by atoms with E-state index in [0.29, 0.717) is 13.2 Å². The van der Waals surface area contributed by atoms with Gasteiger partial charge in [0.15, 0.2) is 0 Å². The normalized spacial score (nSPS) is 9.67. The molecule has 0 atom stereocenters. The topological polar surface area (TPSA) is 48.4 Å². The molecule has 0 aliphatic carbocycles. The highest BCUT2D eigenvalue weighted by Crippen LogP contribution is 2.15. The summed E-state index contributed by atoms with van der Waals surface area (Å²) < 4.78 is 10.6. The predicted molar refractivity (Wildman–Crippen MR) is 72.7 cm³/mol. The number of ether oxygens (including phenoxy) is 2. The van der Waals surface area contributed by atoms with E-state index >= 15 is 0 Å². The minimum Gasteiger partial charge on any atom is -0.464 e. The number of thiazole rings is 1. The van der Waals surface area contributed by atoms with Crippen LogP contribution in [0, 0.1) is 0 Å². The second kappa shape index (κ2) is 8.60. The first-order valence-electron chi connectivity index (χ1n) is 5.79. The molecule has 4 nitrogen and oxygen atoms in total. The summed E-state index contributed by atoms with van der Waals surface area (Å²) >= 11 is 1.68. The van der Waals surface area contributed by atoms with E-state index in [1.807, 2.05) is 30.6 Å². The highest BCUT2D eigenvalue weighted by molar-refractivity contribution is 7.16. The zero-order valence-electron chi connectivity index (χ0n) is 10.6. The Morgan fingerprint density at radius 3 is 2.72 bits per heavy atom. The number of para-hydroxylation sites is 1. The van der Waals surface area contributed by atoms with Crippen molar-refractivity contribution >= 4 is 27.5 Å². The molecule has 0 fully saturated rings. The first kappa shape index (κ1) is 14.6. The molecule has 2 rings (SSSR count). The van der Waals surface area contributed by atoms with Gasteiger partial charge < -0.3 is 9.47 Å². The van der Waals surface area contributed by atoms with E-state index < -0.39 is 0 Å². The molecular weight excluding hydrogens is 250 g/mol. The Morgan fingerprint density at radius 2 is 2.06 bits per heavy atom. The molecular formula is C13H17NO3S. The van der Waals surface area contributed by atoms with Crippen LogP contribution in [0.5, 0.6) is 0 Å². The molecule has 1 aromatic carbocycles. The number of nitrogens with zero attached hydrogens (tertiary/aromatic N) is 1. The smallest absolute Gasteiger partial charge is 0.332 e. The van der Waals surface area contributed by atoms with Crippen molar-refractivity contribution in [2.45, 2.75) is 13.8 Å². The van der Waals surface area contributed by atoms with E-state index in [2.05, 4.69) is 15.8 Å². The molecule has 18 heavy (non-hydrogen) atoms. The summed E-state index contributed by atoms with van der Waals surface area (Å²) in [6.07, 6.45) is 0. The van der Waals surface area contributed by atoms with Crippen LogP contribution in [0.4, 0.5) is 0 Å². The van der Waals surface area contributed by atoms with Crippen LogP contribution in [0.25, 0.3) is 10.2 Å². The third-order valence-electron chi connectivity index (χ3n) is 1.97. The number of carbonyl (C=O) groups excluding carboxylic acids is 1. The molecule has 2 aromatic rings. The van der Waals surface area contributed by atoms with Crippen molar-refractivity contribution in [3.05, 3.63) is 29.8 Å². The van der Waals surface area contributed by atoms with Gasteiger partial charge in [-0.2, -0.15) is 0 Å². The summed E-state index contributed by atoms with van der Waals surface area (Å²) in [4.78, 5) is 14.6. The standard InChI is InChI=1S/C7H5NS.C6H12O3/c1-2-4-7-6(3-1)8-5-9-7;1-3-8-5-6(7)9-4-2/h1-5H;3-5H2,1-2H3. The number of rotatable bonds is 4. The molecule has 98 valence electrons. The summed E-state index contributed by atoms with van der Waals surface area (Å²) in [5.41, 5.74) is 2.97. The van der Waals surface area contributed by atoms with E-state index in [1.54, 1.807) is 18.3 Å². The fourth-order valence-corrected chi connectivity index (χ4v) is 1.87. The van der Waals surface area contributed by atoms with Crippen molar-refractivity contribution in [1.82, 2.24) is 4.98 Å². The lowest BCUT2D eigenvalue weighted by atomic mass is 10.3. The maximum Gasteiger partial charge on any atom is 0.332 e. The number of carbonyl (C=O) groups is 1. The molecule has 0 aliphatic heterocycles. The third-order valence-corrected chi connectivity index (χ3v) is 2.78. The number of hydrogen-bond acceptors (Lipinski definition) is 5. The molecule has 0 bridgehead atoms. The summed E-state index contributed by atoms with van der Waals surface area (Å²) in [6, 6.07) is 8.13. The maximum atomic E-state index is 10.5. The second-order valence-electron chi connectivity index (χ2n) is 3.26. The van der Waals surface area contributed by atoms with Gasteiger partial charge in [0, 0.05) is 6.61 Å². The molecule has 1 heterocycles. The van der Waals surface area contributed by atoms with E-state index in [0.717, 1.165) is 5.52 Å². The zero-order valence-corrected chi connectivity index (χ0v) is 11.4. The molecule has 0 N–H and O–H groups in total. The van der Waals surface area contributed by atoms with Crippen molar-refractivity contribution in [3.8, 4) is 0 Å². The molecule has 5 heteroatoms. The van der Waals surface area contributed by atoms with Crippen LogP contribution in [0.15, 0.2) is 29.8 Å². The molecule has 0 spiro atoms. The fraction of sp³-hybridized carbons (Fsp3) is 0.385. The average molecular weight is 267 g/mol. The first-order valence-corrected chi connectivity index (χ1v) is 6.67. The Kier molecular flexibility index (Phi) is 6.98. The van der Waals surface area contributed by atoms with Crippen LogP contribution in [0.2, 0.25) is 0 Å². The molecule has 0 amide bonds. The Morgan fingerprint density at radius 1 is 1.28 bits per heavy atom. The molecule has 0 unspecified atom stereocenters.